The fraction of sp³-hybridized carbons (Fsp3) is 0.133. The summed E-state index contributed by atoms with van der Waals surface area (Å²) in [5.41, 5.74) is 2.92. The second-order valence-electron chi connectivity index (χ2n) is 4.31. The number of halogens is 1. The smallest absolute Gasteiger partial charge is 0.155 e. The molecule has 2 aromatic heterocycles. The lowest BCUT2D eigenvalue weighted by Crippen LogP contribution is -1.96. The van der Waals surface area contributed by atoms with Gasteiger partial charge in [0.25, 0.3) is 0 Å². The number of imidazole rings is 1. The highest BCUT2D eigenvalue weighted by atomic mass is 35.5. The molecule has 1 aromatic carbocycles. The van der Waals surface area contributed by atoms with Gasteiger partial charge in [-0.2, -0.15) is 0 Å². The summed E-state index contributed by atoms with van der Waals surface area (Å²) in [5, 5.41) is 0.504. The van der Waals surface area contributed by atoms with E-state index in [1.54, 1.807) is 7.11 Å². The van der Waals surface area contributed by atoms with Gasteiger partial charge < -0.3 is 4.74 Å². The topological polar surface area (TPSA) is 26.5 Å². The summed E-state index contributed by atoms with van der Waals surface area (Å²) >= 11 is 6.22. The summed E-state index contributed by atoms with van der Waals surface area (Å²) in [6, 6.07) is 13.8. The fourth-order valence-electron chi connectivity index (χ4n) is 2.27. The van der Waals surface area contributed by atoms with Crippen LogP contribution in [0.3, 0.4) is 0 Å². The largest absolute Gasteiger partial charge is 0.496 e. The molecule has 0 spiro atoms. The normalized spacial score (nSPS) is 10.9. The van der Waals surface area contributed by atoms with E-state index in [4.69, 9.17) is 16.3 Å². The minimum Gasteiger partial charge on any atom is -0.496 e. The first-order valence-electron chi connectivity index (χ1n) is 5.99. The molecule has 0 N–H and O–H groups in total. The number of ether oxygens (including phenoxy) is 1. The Labute approximate surface area is 116 Å². The molecule has 0 fully saturated rings. The molecule has 0 bridgehead atoms. The average Bonchev–Trinajstić information content (AvgIpc) is 2.78. The summed E-state index contributed by atoms with van der Waals surface area (Å²) in [6.07, 6.45) is 0. The third kappa shape index (κ3) is 1.87. The zero-order valence-corrected chi connectivity index (χ0v) is 11.5. The number of pyridine rings is 1. The van der Waals surface area contributed by atoms with Gasteiger partial charge >= 0.3 is 0 Å². The molecule has 0 atom stereocenters. The number of fused-ring (bicyclic) bond motifs is 1. The Kier molecular flexibility index (Phi) is 2.91. The van der Waals surface area contributed by atoms with Crippen molar-refractivity contribution in [3.05, 3.63) is 53.3 Å². The van der Waals surface area contributed by atoms with Crippen molar-refractivity contribution in [3.63, 3.8) is 0 Å². The minimum atomic E-state index is 0.504. The molecule has 2 heterocycles. The Balaban J connectivity index is 2.37. The van der Waals surface area contributed by atoms with E-state index in [0.717, 1.165) is 28.3 Å². The van der Waals surface area contributed by atoms with E-state index in [0.29, 0.717) is 5.15 Å². The molecule has 0 unspecified atom stereocenters. The molecule has 0 radical (unpaired) electrons. The predicted molar refractivity (Wildman–Crippen MR) is 76.9 cm³/mol. The molecule has 96 valence electrons. The minimum absolute atomic E-state index is 0.504. The number of aryl methyl sites for hydroxylation is 1. The van der Waals surface area contributed by atoms with Crippen LogP contribution in [0, 0.1) is 6.92 Å². The van der Waals surface area contributed by atoms with Crippen molar-refractivity contribution in [3.8, 4) is 17.1 Å². The molecule has 0 saturated carbocycles. The van der Waals surface area contributed by atoms with Gasteiger partial charge in [-0.15, -0.1) is 0 Å². The number of hydrogen-bond donors (Lipinski definition) is 0. The third-order valence-electron chi connectivity index (χ3n) is 3.16. The lowest BCUT2D eigenvalue weighted by atomic mass is 10.2. The van der Waals surface area contributed by atoms with Crippen LogP contribution in [0.5, 0.6) is 5.75 Å². The number of para-hydroxylation sites is 1. The van der Waals surface area contributed by atoms with Crippen LogP contribution in [0.2, 0.25) is 5.15 Å². The zero-order valence-electron chi connectivity index (χ0n) is 10.7. The molecule has 4 heteroatoms. The van der Waals surface area contributed by atoms with Crippen molar-refractivity contribution in [2.75, 3.05) is 7.11 Å². The van der Waals surface area contributed by atoms with E-state index in [2.05, 4.69) is 4.98 Å². The van der Waals surface area contributed by atoms with Crippen molar-refractivity contribution < 1.29 is 4.74 Å². The molecule has 0 aliphatic carbocycles. The van der Waals surface area contributed by atoms with Crippen molar-refractivity contribution in [2.24, 2.45) is 0 Å². The molecule has 0 aliphatic rings. The Bertz CT molecular complexity index is 749. The number of hydrogen-bond acceptors (Lipinski definition) is 2. The third-order valence-corrected chi connectivity index (χ3v) is 3.44. The van der Waals surface area contributed by atoms with Gasteiger partial charge in [0, 0.05) is 5.69 Å². The van der Waals surface area contributed by atoms with Crippen LogP contribution in [-0.2, 0) is 0 Å². The van der Waals surface area contributed by atoms with Crippen LogP contribution in [-0.4, -0.2) is 16.5 Å². The lowest BCUT2D eigenvalue weighted by molar-refractivity contribution is 0.416. The molecule has 0 aliphatic heterocycles. The van der Waals surface area contributed by atoms with Crippen LogP contribution in [0.15, 0.2) is 42.5 Å². The van der Waals surface area contributed by atoms with E-state index in [1.165, 1.54) is 0 Å². The Hall–Kier alpha value is -2.00. The van der Waals surface area contributed by atoms with Gasteiger partial charge in [0.05, 0.1) is 18.2 Å². The van der Waals surface area contributed by atoms with E-state index in [-0.39, 0.29) is 0 Å². The van der Waals surface area contributed by atoms with Gasteiger partial charge in [0.15, 0.2) is 5.15 Å². The van der Waals surface area contributed by atoms with Gasteiger partial charge in [-0.3, -0.25) is 4.40 Å². The lowest BCUT2D eigenvalue weighted by Gasteiger charge is -2.08. The average molecular weight is 273 g/mol. The molecular formula is C15H13ClN2O. The van der Waals surface area contributed by atoms with Gasteiger partial charge in [-0.05, 0) is 31.2 Å². The summed E-state index contributed by atoms with van der Waals surface area (Å²) in [7, 11) is 1.66. The molecule has 3 aromatic rings. The summed E-state index contributed by atoms with van der Waals surface area (Å²) < 4.78 is 7.44. The van der Waals surface area contributed by atoms with Crippen molar-refractivity contribution >= 4 is 17.1 Å². The maximum Gasteiger partial charge on any atom is 0.155 e. The highest BCUT2D eigenvalue weighted by molar-refractivity contribution is 6.32. The first-order valence-corrected chi connectivity index (χ1v) is 6.37. The number of methoxy groups -OCH3 is 1. The first kappa shape index (κ1) is 12.1. The van der Waals surface area contributed by atoms with Crippen molar-refractivity contribution in [1.82, 2.24) is 9.38 Å². The van der Waals surface area contributed by atoms with Crippen LogP contribution in [0.4, 0.5) is 0 Å². The summed E-state index contributed by atoms with van der Waals surface area (Å²) in [6.45, 7) is 2.03. The van der Waals surface area contributed by atoms with Gasteiger partial charge in [-0.25, -0.2) is 4.98 Å². The second-order valence-corrected chi connectivity index (χ2v) is 4.67. The Morgan fingerprint density at radius 3 is 2.68 bits per heavy atom. The van der Waals surface area contributed by atoms with Gasteiger partial charge in [0.1, 0.15) is 11.6 Å². The standard InChI is InChI=1S/C15H13ClN2O/c1-10-6-5-8-12-14(16)17-15(18(10)12)11-7-3-4-9-13(11)19-2/h3-9H,1-2H3. The maximum atomic E-state index is 6.22. The van der Waals surface area contributed by atoms with Crippen LogP contribution < -0.4 is 4.74 Å². The Morgan fingerprint density at radius 1 is 1.11 bits per heavy atom. The molecule has 0 saturated heterocycles. The SMILES string of the molecule is COc1ccccc1-c1nc(Cl)c2cccc(C)n12. The highest BCUT2D eigenvalue weighted by Gasteiger charge is 2.15. The first-order chi connectivity index (χ1) is 9.22. The quantitative estimate of drug-likeness (QED) is 0.706. The number of benzene rings is 1. The van der Waals surface area contributed by atoms with Gasteiger partial charge in [0.2, 0.25) is 0 Å². The number of aromatic nitrogens is 2. The van der Waals surface area contributed by atoms with Crippen LogP contribution >= 0.6 is 11.6 Å². The molecule has 3 nitrogen and oxygen atoms in total. The van der Waals surface area contributed by atoms with Crippen molar-refractivity contribution in [1.29, 1.82) is 0 Å². The maximum absolute atomic E-state index is 6.22. The highest BCUT2D eigenvalue weighted by Crippen LogP contribution is 2.32. The molecule has 19 heavy (non-hydrogen) atoms. The zero-order chi connectivity index (χ0) is 13.4. The monoisotopic (exact) mass is 272 g/mol. The molecule has 3 rings (SSSR count). The number of nitrogens with zero attached hydrogens (tertiary/aromatic N) is 2. The number of rotatable bonds is 2. The predicted octanol–water partition coefficient (Wildman–Crippen LogP) is 3.97. The Morgan fingerprint density at radius 2 is 1.89 bits per heavy atom. The molecular weight excluding hydrogens is 260 g/mol. The van der Waals surface area contributed by atoms with E-state index in [1.807, 2.05) is 53.8 Å². The summed E-state index contributed by atoms with van der Waals surface area (Å²) in [5.74, 6) is 1.59. The van der Waals surface area contributed by atoms with E-state index < -0.39 is 0 Å². The van der Waals surface area contributed by atoms with Gasteiger partial charge in [-0.1, -0.05) is 29.8 Å². The fourth-order valence-corrected chi connectivity index (χ4v) is 2.50. The summed E-state index contributed by atoms with van der Waals surface area (Å²) in [4.78, 5) is 4.48. The van der Waals surface area contributed by atoms with Crippen molar-refractivity contribution in [2.45, 2.75) is 6.92 Å². The second kappa shape index (κ2) is 4.59. The molecule has 0 amide bonds. The van der Waals surface area contributed by atoms with E-state index >= 15 is 0 Å². The van der Waals surface area contributed by atoms with Crippen LogP contribution in [0.1, 0.15) is 5.69 Å². The van der Waals surface area contributed by atoms with E-state index in [9.17, 15) is 0 Å². The van der Waals surface area contributed by atoms with Crippen LogP contribution in [0.25, 0.3) is 16.9 Å².